The minimum absolute atomic E-state index is 0.146. The second kappa shape index (κ2) is 21.9. The molecule has 1 heterocycles. The second-order valence-electron chi connectivity index (χ2n) is 12.8. The number of benzene rings is 2. The summed E-state index contributed by atoms with van der Waals surface area (Å²) in [7, 11) is 0. The second-order valence-corrected chi connectivity index (χ2v) is 12.8. The number of pyridine rings is 1. The number of aliphatic imine (C=N–C) groups is 4. The van der Waals surface area contributed by atoms with E-state index >= 15 is 0 Å². The van der Waals surface area contributed by atoms with Crippen molar-refractivity contribution in [1.29, 1.82) is 0 Å². The number of hydrogen-bond donors (Lipinski definition) is 16. The third-order valence-electron chi connectivity index (χ3n) is 8.03. The van der Waals surface area contributed by atoms with Crippen LogP contribution in [0, 0.1) is 0 Å². The van der Waals surface area contributed by atoms with E-state index in [0.29, 0.717) is 23.0 Å². The highest BCUT2D eigenvalue weighted by Crippen LogP contribution is 2.32. The SMILES string of the molecule is CCCN(c1ccc2ncccc2c1N)C(O)C(=O)NC(C(=O)NC(N=C(N)N)C(=O)NC(N=C(N)N)C(=O)NC(N=C(N)N)C(=O)NC(N=C(N)N)C(N)=O)c1ccccc1. The molecule has 2 aromatic carbocycles. The van der Waals surface area contributed by atoms with E-state index in [2.05, 4.69) is 40.9 Å². The fraction of sp³-hybridized carbons (Fsp3) is 0.265. The van der Waals surface area contributed by atoms with Crippen molar-refractivity contribution in [3.05, 3.63) is 66.4 Å². The number of amides is 6. The number of guanidine groups is 4. The zero-order valence-corrected chi connectivity index (χ0v) is 33.0. The van der Waals surface area contributed by atoms with Crippen molar-refractivity contribution < 1.29 is 33.9 Å². The van der Waals surface area contributed by atoms with Crippen LogP contribution in [0.1, 0.15) is 24.9 Å². The molecule has 0 aliphatic rings. The molecular formula is C34H49N21O7. The van der Waals surface area contributed by atoms with Crippen LogP contribution in [0.5, 0.6) is 0 Å². The molecule has 3 rings (SSSR count). The molecule has 0 saturated heterocycles. The standard InChI is InChI=1S/C34H49N21O7/c1-2-13-55(17-11-10-16-15(18(17)35)9-6-12-45-16)30(62)29(61)46-19(14-7-4-3-5-8-14)25(57)48-22(52-32(39)40)27(59)50-24(54-34(43)44)28(60)49-23(53-33(41)42)26(58)47-21(20(36)56)51-31(37)38/h3-12,19,21-24,30,62H,2,13,35H2,1H3,(H2,36,56)(H,46,61)(H,47,58)(H,48,57)(H,49,60)(H,50,59)(H4,37,38,51)(H4,39,40,52)(H4,41,42,53)(H4,43,44,54). The molecule has 0 fully saturated rings. The van der Waals surface area contributed by atoms with E-state index in [1.807, 2.05) is 17.6 Å². The first kappa shape index (κ1) is 47.7. The van der Waals surface area contributed by atoms with Crippen molar-refractivity contribution in [2.24, 2.45) is 71.6 Å². The van der Waals surface area contributed by atoms with Gasteiger partial charge in [0.05, 0.1) is 16.9 Å². The number of aliphatic hydroxyl groups is 1. The molecule has 28 heteroatoms. The molecular weight excluding hydrogens is 815 g/mol. The van der Waals surface area contributed by atoms with E-state index < -0.39 is 96.2 Å². The molecule has 0 aliphatic carbocycles. The van der Waals surface area contributed by atoms with E-state index in [1.165, 1.54) is 17.0 Å². The average molecular weight is 864 g/mol. The van der Waals surface area contributed by atoms with Gasteiger partial charge >= 0.3 is 0 Å². The van der Waals surface area contributed by atoms with Gasteiger partial charge in [0.25, 0.3) is 29.5 Å². The molecule has 6 atom stereocenters. The van der Waals surface area contributed by atoms with Gasteiger partial charge in [-0.1, -0.05) is 37.3 Å². The minimum atomic E-state index is -2.13. The maximum absolute atomic E-state index is 14.0. The summed E-state index contributed by atoms with van der Waals surface area (Å²) in [6.07, 6.45) is -7.96. The number of primary amides is 1. The van der Waals surface area contributed by atoms with Gasteiger partial charge in [-0.05, 0) is 36.2 Å². The molecule has 0 saturated carbocycles. The van der Waals surface area contributed by atoms with E-state index in [4.69, 9.17) is 57.3 Å². The van der Waals surface area contributed by atoms with E-state index in [9.17, 15) is 33.9 Å². The molecule has 6 unspecified atom stereocenters. The Balaban J connectivity index is 1.92. The Morgan fingerprint density at radius 1 is 0.613 bits per heavy atom. The summed E-state index contributed by atoms with van der Waals surface area (Å²) in [4.78, 5) is 99.8. The van der Waals surface area contributed by atoms with Crippen molar-refractivity contribution in [2.45, 2.75) is 50.3 Å². The van der Waals surface area contributed by atoms with Crippen molar-refractivity contribution in [3.8, 4) is 0 Å². The Morgan fingerprint density at radius 3 is 1.55 bits per heavy atom. The number of nitrogens with two attached hydrogens (primary N) is 10. The molecule has 26 N–H and O–H groups in total. The van der Waals surface area contributed by atoms with E-state index in [-0.39, 0.29) is 17.8 Å². The lowest BCUT2D eigenvalue weighted by Gasteiger charge is -2.31. The van der Waals surface area contributed by atoms with E-state index in [0.717, 1.165) is 0 Å². The Hall–Kier alpha value is -8.69. The normalized spacial score (nSPS) is 13.5. The Bertz CT molecular complexity index is 2240. The minimum Gasteiger partial charge on any atom is -0.396 e. The molecule has 28 nitrogen and oxygen atoms in total. The number of aliphatic hydroxyl groups excluding tert-OH is 1. The number of anilines is 2. The number of fused-ring (bicyclic) bond motifs is 1. The van der Waals surface area contributed by atoms with Crippen LogP contribution in [-0.4, -0.2) is 107 Å². The van der Waals surface area contributed by atoms with Crippen LogP contribution >= 0.6 is 0 Å². The summed E-state index contributed by atoms with van der Waals surface area (Å²) in [6.45, 7) is 1.96. The monoisotopic (exact) mass is 863 g/mol. The van der Waals surface area contributed by atoms with Gasteiger partial charge in [-0.15, -0.1) is 0 Å². The number of nitrogens with zero attached hydrogens (tertiary/aromatic N) is 6. The van der Waals surface area contributed by atoms with Gasteiger partial charge in [-0.2, -0.15) is 0 Å². The van der Waals surface area contributed by atoms with Crippen LogP contribution in [0.15, 0.2) is 80.8 Å². The molecule has 3 aromatic rings. The zero-order chi connectivity index (χ0) is 46.3. The number of rotatable bonds is 20. The molecule has 0 spiro atoms. The fourth-order valence-electron chi connectivity index (χ4n) is 5.43. The van der Waals surface area contributed by atoms with Crippen LogP contribution in [0.2, 0.25) is 0 Å². The average Bonchev–Trinajstić information content (AvgIpc) is 3.20. The summed E-state index contributed by atoms with van der Waals surface area (Å²) < 4.78 is 0. The maximum Gasteiger partial charge on any atom is 0.270 e. The van der Waals surface area contributed by atoms with Gasteiger partial charge in [0.1, 0.15) is 6.04 Å². The van der Waals surface area contributed by atoms with Crippen molar-refractivity contribution >= 4 is 81.6 Å². The first-order chi connectivity index (χ1) is 29.2. The molecule has 0 radical (unpaired) electrons. The van der Waals surface area contributed by atoms with Crippen molar-refractivity contribution in [3.63, 3.8) is 0 Å². The Morgan fingerprint density at radius 2 is 1.08 bits per heavy atom. The predicted molar refractivity (Wildman–Crippen MR) is 227 cm³/mol. The summed E-state index contributed by atoms with van der Waals surface area (Å²) in [6, 6.07) is 12.7. The Labute approximate surface area is 352 Å². The lowest BCUT2D eigenvalue weighted by atomic mass is 10.1. The zero-order valence-electron chi connectivity index (χ0n) is 33.0. The smallest absolute Gasteiger partial charge is 0.270 e. The fourth-order valence-corrected chi connectivity index (χ4v) is 5.43. The number of nitrogens with one attached hydrogen (secondary N) is 5. The van der Waals surface area contributed by atoms with Crippen LogP contribution < -0.4 is 88.8 Å². The van der Waals surface area contributed by atoms with Crippen molar-refractivity contribution in [1.82, 2.24) is 31.6 Å². The quantitative estimate of drug-likeness (QED) is 0.0217. The molecule has 0 aliphatic heterocycles. The van der Waals surface area contributed by atoms with Gasteiger partial charge in [0, 0.05) is 18.1 Å². The highest BCUT2D eigenvalue weighted by atomic mass is 16.3. The third-order valence-corrected chi connectivity index (χ3v) is 8.03. The highest BCUT2D eigenvalue weighted by Gasteiger charge is 2.35. The van der Waals surface area contributed by atoms with Gasteiger partial charge < -0.3 is 93.9 Å². The molecule has 62 heavy (non-hydrogen) atoms. The Kier molecular flexibility index (Phi) is 16.8. The maximum atomic E-state index is 14.0. The van der Waals surface area contributed by atoms with Gasteiger partial charge in [0.15, 0.2) is 23.8 Å². The topological polar surface area (TPSA) is 509 Å². The number of carbonyl (C=O) groups excluding carboxylic acids is 6. The summed E-state index contributed by atoms with van der Waals surface area (Å²) in [5.41, 5.74) is 56.5. The predicted octanol–water partition coefficient (Wildman–Crippen LogP) is -7.44. The number of aromatic nitrogens is 1. The molecule has 0 bridgehead atoms. The van der Waals surface area contributed by atoms with Crippen LogP contribution in [-0.2, 0) is 28.8 Å². The number of nitrogen functional groups attached to an aromatic ring is 1. The molecule has 6 amide bonds. The van der Waals surface area contributed by atoms with Crippen LogP contribution in [0.4, 0.5) is 11.4 Å². The first-order valence-electron chi connectivity index (χ1n) is 18.0. The highest BCUT2D eigenvalue weighted by molar-refractivity contribution is 6.00. The first-order valence-corrected chi connectivity index (χ1v) is 18.0. The van der Waals surface area contributed by atoms with Crippen molar-refractivity contribution in [2.75, 3.05) is 17.2 Å². The largest absolute Gasteiger partial charge is 0.396 e. The van der Waals surface area contributed by atoms with Crippen LogP contribution in [0.25, 0.3) is 10.9 Å². The number of carbonyl (C=O) groups is 6. The van der Waals surface area contributed by atoms with E-state index in [1.54, 1.807) is 48.7 Å². The van der Waals surface area contributed by atoms with Gasteiger partial charge in [-0.3, -0.25) is 33.8 Å². The third kappa shape index (κ3) is 13.4. The van der Waals surface area contributed by atoms with Crippen LogP contribution in [0.3, 0.4) is 0 Å². The number of hydrogen-bond acceptors (Lipinski definition) is 14. The summed E-state index contributed by atoms with van der Waals surface area (Å²) in [5, 5.41) is 22.9. The lowest BCUT2D eigenvalue weighted by molar-refractivity contribution is -0.136. The summed E-state index contributed by atoms with van der Waals surface area (Å²) in [5.74, 6) is -10.3. The lowest BCUT2D eigenvalue weighted by Crippen LogP contribution is -2.58. The molecule has 332 valence electrons. The molecule has 1 aromatic heterocycles. The van der Waals surface area contributed by atoms with Gasteiger partial charge in [-0.25, -0.2) is 20.0 Å². The summed E-state index contributed by atoms with van der Waals surface area (Å²) >= 11 is 0. The van der Waals surface area contributed by atoms with Gasteiger partial charge in [0.2, 0.25) is 36.8 Å².